The summed E-state index contributed by atoms with van der Waals surface area (Å²) < 4.78 is 11.2. The van der Waals surface area contributed by atoms with Gasteiger partial charge in [-0.3, -0.25) is 0 Å². The van der Waals surface area contributed by atoms with E-state index in [0.717, 1.165) is 13.2 Å². The van der Waals surface area contributed by atoms with Crippen molar-refractivity contribution in [2.75, 3.05) is 32.8 Å². The molecule has 0 aromatic heterocycles. The average molecular weight is 261 g/mol. The van der Waals surface area contributed by atoms with E-state index in [9.17, 15) is 0 Å². The van der Waals surface area contributed by atoms with E-state index in [2.05, 4.69) is 18.7 Å². The molecule has 4 heteroatoms. The lowest BCUT2D eigenvalue weighted by Gasteiger charge is -2.18. The summed E-state index contributed by atoms with van der Waals surface area (Å²) in [7, 11) is -0.217. The van der Waals surface area contributed by atoms with Gasteiger partial charge in [0.15, 0.2) is 0 Å². The Morgan fingerprint density at radius 2 is 1.53 bits per heavy atom. The molecule has 0 fully saturated rings. The smallest absolute Gasteiger partial charge is 0.134 e. The van der Waals surface area contributed by atoms with E-state index in [1.54, 1.807) is 0 Å². The number of hydrogen-bond donors (Lipinski definition) is 0. The monoisotopic (exact) mass is 261 g/mol. The zero-order valence-corrected chi connectivity index (χ0v) is 13.6. The highest BCUT2D eigenvalue weighted by atomic mass is 28.2. The summed E-state index contributed by atoms with van der Waals surface area (Å²) in [6.07, 6.45) is 2.65. The third-order valence-electron chi connectivity index (χ3n) is 3.01. The van der Waals surface area contributed by atoms with Crippen LogP contribution in [-0.2, 0) is 9.47 Å². The maximum atomic E-state index is 5.58. The predicted molar refractivity (Wildman–Crippen MR) is 77.4 cm³/mol. The van der Waals surface area contributed by atoms with Crippen molar-refractivity contribution in [3.8, 4) is 0 Å². The molecule has 0 spiro atoms. The third kappa shape index (κ3) is 9.77. The molecule has 0 bridgehead atoms. The van der Waals surface area contributed by atoms with E-state index < -0.39 is 0 Å². The lowest BCUT2D eigenvalue weighted by atomic mass is 10.3. The van der Waals surface area contributed by atoms with Crippen molar-refractivity contribution in [3.63, 3.8) is 0 Å². The molecule has 0 atom stereocenters. The van der Waals surface area contributed by atoms with Crippen molar-refractivity contribution >= 4 is 9.52 Å². The van der Waals surface area contributed by atoms with Gasteiger partial charge in [-0.15, -0.1) is 0 Å². The van der Waals surface area contributed by atoms with Gasteiger partial charge in [0.25, 0.3) is 0 Å². The van der Waals surface area contributed by atoms with E-state index in [1.807, 2.05) is 13.8 Å². The summed E-state index contributed by atoms with van der Waals surface area (Å²) >= 11 is 0. The SMILES string of the molecule is CCOC(OCC)[SiH2]CCCCN(CC)CC. The van der Waals surface area contributed by atoms with Gasteiger partial charge < -0.3 is 14.4 Å². The van der Waals surface area contributed by atoms with Crippen molar-refractivity contribution < 1.29 is 9.47 Å². The number of nitrogens with zero attached hydrogens (tertiary/aromatic N) is 1. The Hall–Kier alpha value is 0.0969. The lowest BCUT2D eigenvalue weighted by Crippen LogP contribution is -2.26. The topological polar surface area (TPSA) is 21.7 Å². The first kappa shape index (κ1) is 17.1. The Morgan fingerprint density at radius 1 is 0.941 bits per heavy atom. The minimum atomic E-state index is -0.217. The molecule has 0 saturated carbocycles. The molecule has 0 rings (SSSR count). The fourth-order valence-corrected chi connectivity index (χ4v) is 3.73. The molecule has 0 aromatic rings. The molecule has 0 unspecified atom stereocenters. The van der Waals surface area contributed by atoms with Gasteiger partial charge in [0.1, 0.15) is 5.91 Å². The Morgan fingerprint density at radius 3 is 2.00 bits per heavy atom. The van der Waals surface area contributed by atoms with Crippen LogP contribution < -0.4 is 0 Å². The number of hydrogen-bond acceptors (Lipinski definition) is 3. The maximum absolute atomic E-state index is 5.58. The van der Waals surface area contributed by atoms with Crippen molar-refractivity contribution in [3.05, 3.63) is 0 Å². The van der Waals surface area contributed by atoms with Crippen LogP contribution in [0.25, 0.3) is 0 Å². The molecule has 0 heterocycles. The zero-order valence-electron chi connectivity index (χ0n) is 12.2. The molecule has 0 aliphatic heterocycles. The molecular formula is C13H31NO2Si. The van der Waals surface area contributed by atoms with Crippen molar-refractivity contribution in [1.82, 2.24) is 4.90 Å². The molecule has 0 N–H and O–H groups in total. The molecule has 104 valence electrons. The molecule has 0 amide bonds. The second-order valence-corrected chi connectivity index (χ2v) is 6.17. The van der Waals surface area contributed by atoms with Crippen molar-refractivity contribution in [2.45, 2.75) is 52.5 Å². The number of ether oxygens (including phenoxy) is 2. The maximum Gasteiger partial charge on any atom is 0.134 e. The fourth-order valence-electron chi connectivity index (χ4n) is 1.95. The Kier molecular flexibility index (Phi) is 12.6. The highest BCUT2D eigenvalue weighted by Crippen LogP contribution is 2.03. The molecular weight excluding hydrogens is 230 g/mol. The van der Waals surface area contributed by atoms with Crippen LogP contribution in [0.2, 0.25) is 6.04 Å². The minimum Gasteiger partial charge on any atom is -0.357 e. The second-order valence-electron chi connectivity index (χ2n) is 4.22. The summed E-state index contributed by atoms with van der Waals surface area (Å²) in [5.74, 6) is 0.151. The Labute approximate surface area is 110 Å². The highest BCUT2D eigenvalue weighted by Gasteiger charge is 2.07. The predicted octanol–water partition coefficient (Wildman–Crippen LogP) is 2.05. The standard InChI is InChI=1S/C13H31NO2Si/c1-5-14(6-2)11-9-10-12-17-13(15-7-3)16-8-4/h13H,5-12,17H2,1-4H3. The molecule has 0 aliphatic carbocycles. The van der Waals surface area contributed by atoms with Gasteiger partial charge in [-0.1, -0.05) is 26.3 Å². The highest BCUT2D eigenvalue weighted by molar-refractivity contribution is 6.36. The summed E-state index contributed by atoms with van der Waals surface area (Å²) in [5, 5.41) is 0. The number of rotatable bonds is 12. The van der Waals surface area contributed by atoms with Gasteiger partial charge in [0, 0.05) is 13.2 Å². The summed E-state index contributed by atoms with van der Waals surface area (Å²) in [6.45, 7) is 13.7. The van der Waals surface area contributed by atoms with Gasteiger partial charge in [-0.2, -0.15) is 0 Å². The van der Waals surface area contributed by atoms with Gasteiger partial charge in [-0.05, 0) is 39.9 Å². The molecule has 17 heavy (non-hydrogen) atoms. The van der Waals surface area contributed by atoms with Crippen molar-refractivity contribution in [2.24, 2.45) is 0 Å². The molecule has 0 aromatic carbocycles. The van der Waals surface area contributed by atoms with E-state index >= 15 is 0 Å². The molecule has 0 radical (unpaired) electrons. The first-order valence-electron chi connectivity index (χ1n) is 7.23. The van der Waals surface area contributed by atoms with Crippen LogP contribution >= 0.6 is 0 Å². The normalized spacial score (nSPS) is 12.4. The van der Waals surface area contributed by atoms with Gasteiger partial charge in [0.2, 0.25) is 0 Å². The average Bonchev–Trinajstić information content (AvgIpc) is 2.34. The molecule has 0 saturated heterocycles. The second kappa shape index (κ2) is 12.6. The number of unbranched alkanes of at least 4 members (excludes halogenated alkanes) is 1. The van der Waals surface area contributed by atoms with Crippen LogP contribution in [0.1, 0.15) is 40.5 Å². The van der Waals surface area contributed by atoms with Gasteiger partial charge in [-0.25, -0.2) is 0 Å². The Bertz CT molecular complexity index is 148. The van der Waals surface area contributed by atoms with Crippen LogP contribution in [0.4, 0.5) is 0 Å². The van der Waals surface area contributed by atoms with E-state index in [0.29, 0.717) is 0 Å². The van der Waals surface area contributed by atoms with Gasteiger partial charge in [0.05, 0.1) is 9.52 Å². The van der Waals surface area contributed by atoms with Crippen LogP contribution in [-0.4, -0.2) is 53.2 Å². The zero-order chi connectivity index (χ0) is 12.9. The quantitative estimate of drug-likeness (QED) is 0.305. The van der Waals surface area contributed by atoms with E-state index in [4.69, 9.17) is 9.47 Å². The third-order valence-corrected chi connectivity index (χ3v) is 4.86. The molecule has 0 aliphatic rings. The lowest BCUT2D eigenvalue weighted by molar-refractivity contribution is -0.0827. The van der Waals surface area contributed by atoms with Crippen molar-refractivity contribution in [1.29, 1.82) is 0 Å². The van der Waals surface area contributed by atoms with Crippen LogP contribution in [0, 0.1) is 0 Å². The van der Waals surface area contributed by atoms with Crippen LogP contribution in [0.15, 0.2) is 0 Å². The minimum absolute atomic E-state index is 0.151. The first-order chi connectivity index (χ1) is 8.28. The summed E-state index contributed by atoms with van der Waals surface area (Å²) in [6, 6.07) is 1.34. The fraction of sp³-hybridized carbons (Fsp3) is 1.00. The Balaban J connectivity index is 3.46. The largest absolute Gasteiger partial charge is 0.357 e. The molecule has 3 nitrogen and oxygen atoms in total. The van der Waals surface area contributed by atoms with E-state index in [1.165, 1.54) is 38.5 Å². The van der Waals surface area contributed by atoms with Gasteiger partial charge >= 0.3 is 0 Å². The summed E-state index contributed by atoms with van der Waals surface area (Å²) in [5.41, 5.74) is 0. The van der Waals surface area contributed by atoms with E-state index in [-0.39, 0.29) is 15.4 Å². The first-order valence-corrected chi connectivity index (χ1v) is 9.05. The van der Waals surface area contributed by atoms with Crippen LogP contribution in [0.3, 0.4) is 0 Å². The summed E-state index contributed by atoms with van der Waals surface area (Å²) in [4.78, 5) is 2.49. The van der Waals surface area contributed by atoms with Crippen LogP contribution in [0.5, 0.6) is 0 Å².